The molecule has 0 aromatic heterocycles. The van der Waals surface area contributed by atoms with Gasteiger partial charge in [0.15, 0.2) is 0 Å². The third-order valence-electron chi connectivity index (χ3n) is 4.47. The molecule has 3 aromatic carbocycles. The van der Waals surface area contributed by atoms with Crippen LogP contribution < -0.4 is 19.6 Å². The zero-order chi connectivity index (χ0) is 22.9. The lowest BCUT2D eigenvalue weighted by atomic mass is 10.1. The summed E-state index contributed by atoms with van der Waals surface area (Å²) in [5.41, 5.74) is 4.99. The maximum absolute atomic E-state index is 12.4. The first-order chi connectivity index (χ1) is 15.5. The van der Waals surface area contributed by atoms with Gasteiger partial charge in [0.25, 0.3) is 5.91 Å². The van der Waals surface area contributed by atoms with Crippen molar-refractivity contribution in [2.45, 2.75) is 6.61 Å². The topological polar surface area (TPSA) is 92.9 Å². The van der Waals surface area contributed by atoms with Crippen LogP contribution in [-0.4, -0.2) is 26.3 Å². The lowest BCUT2D eigenvalue weighted by molar-refractivity contribution is 0.0954. The number of nitrogens with zero attached hydrogens (tertiary/aromatic N) is 2. The van der Waals surface area contributed by atoms with Crippen LogP contribution >= 0.6 is 15.9 Å². The fourth-order valence-electron chi connectivity index (χ4n) is 2.79. The van der Waals surface area contributed by atoms with Crippen LogP contribution in [0.25, 0.3) is 0 Å². The van der Waals surface area contributed by atoms with Gasteiger partial charge in [-0.15, -0.1) is 0 Å². The van der Waals surface area contributed by atoms with E-state index < -0.39 is 5.91 Å². The standard InChI is InChI=1S/C24H20BrN3O4/c1-30-20-10-19(11-21(12-20)31-2)24(29)28-27-14-16-7-8-23(22(25)9-16)32-15-18-6-4-3-5-17(18)13-26/h3-12,14H,15H2,1-2H3,(H,28,29). The van der Waals surface area contributed by atoms with Gasteiger partial charge in [0.2, 0.25) is 0 Å². The van der Waals surface area contributed by atoms with Gasteiger partial charge in [0.05, 0.1) is 36.5 Å². The molecule has 0 fully saturated rings. The maximum atomic E-state index is 12.4. The number of carbonyl (C=O) groups is 1. The average Bonchev–Trinajstić information content (AvgIpc) is 2.83. The molecule has 0 atom stereocenters. The number of nitriles is 1. The summed E-state index contributed by atoms with van der Waals surface area (Å²) in [6.45, 7) is 0.274. The zero-order valence-electron chi connectivity index (χ0n) is 17.5. The van der Waals surface area contributed by atoms with Crippen LogP contribution in [0.2, 0.25) is 0 Å². The Kier molecular flexibility index (Phi) is 7.84. The van der Waals surface area contributed by atoms with Crippen LogP contribution in [0.15, 0.2) is 70.2 Å². The second-order valence-electron chi connectivity index (χ2n) is 6.55. The molecule has 0 heterocycles. The number of methoxy groups -OCH3 is 2. The van der Waals surface area contributed by atoms with Gasteiger partial charge in [-0.05, 0) is 57.9 Å². The van der Waals surface area contributed by atoms with Crippen molar-refractivity contribution in [2.75, 3.05) is 14.2 Å². The van der Waals surface area contributed by atoms with Crippen molar-refractivity contribution in [3.8, 4) is 23.3 Å². The van der Waals surface area contributed by atoms with E-state index in [1.54, 1.807) is 36.4 Å². The van der Waals surface area contributed by atoms with Crippen molar-refractivity contribution in [3.05, 3.63) is 87.4 Å². The van der Waals surface area contributed by atoms with E-state index in [0.717, 1.165) is 15.6 Å². The number of amides is 1. The number of hydrogen-bond acceptors (Lipinski definition) is 6. The van der Waals surface area contributed by atoms with Crippen LogP contribution in [0.3, 0.4) is 0 Å². The summed E-state index contributed by atoms with van der Waals surface area (Å²) in [5.74, 6) is 1.25. The van der Waals surface area contributed by atoms with Crippen molar-refractivity contribution < 1.29 is 19.0 Å². The van der Waals surface area contributed by atoms with Gasteiger partial charge in [-0.2, -0.15) is 10.4 Å². The van der Waals surface area contributed by atoms with E-state index in [2.05, 4.69) is 32.5 Å². The van der Waals surface area contributed by atoms with E-state index in [0.29, 0.717) is 28.4 Å². The molecule has 0 aliphatic heterocycles. The summed E-state index contributed by atoms with van der Waals surface area (Å²) in [5, 5.41) is 13.2. The van der Waals surface area contributed by atoms with Crippen molar-refractivity contribution >= 4 is 28.1 Å². The van der Waals surface area contributed by atoms with E-state index in [9.17, 15) is 10.1 Å². The molecule has 0 radical (unpaired) electrons. The van der Waals surface area contributed by atoms with E-state index >= 15 is 0 Å². The molecule has 7 nitrogen and oxygen atoms in total. The van der Waals surface area contributed by atoms with Crippen molar-refractivity contribution in [1.29, 1.82) is 5.26 Å². The molecule has 0 aliphatic carbocycles. The largest absolute Gasteiger partial charge is 0.497 e. The minimum atomic E-state index is -0.395. The second-order valence-corrected chi connectivity index (χ2v) is 7.40. The highest BCUT2D eigenvalue weighted by atomic mass is 79.9. The fraction of sp³-hybridized carbons (Fsp3) is 0.125. The summed E-state index contributed by atoms with van der Waals surface area (Å²) in [6, 6.07) is 19.7. The first-order valence-electron chi connectivity index (χ1n) is 9.51. The normalized spacial score (nSPS) is 10.4. The molecular weight excluding hydrogens is 474 g/mol. The van der Waals surface area contributed by atoms with Crippen LogP contribution in [0.1, 0.15) is 27.0 Å². The molecule has 0 aliphatic rings. The lowest BCUT2D eigenvalue weighted by Crippen LogP contribution is -2.17. The van der Waals surface area contributed by atoms with Gasteiger partial charge >= 0.3 is 0 Å². The lowest BCUT2D eigenvalue weighted by Gasteiger charge is -2.10. The average molecular weight is 494 g/mol. The number of ether oxygens (including phenoxy) is 3. The molecule has 8 heteroatoms. The molecule has 1 amide bonds. The molecule has 162 valence electrons. The summed E-state index contributed by atoms with van der Waals surface area (Å²) < 4.78 is 16.9. The third-order valence-corrected chi connectivity index (χ3v) is 5.09. The van der Waals surface area contributed by atoms with Gasteiger partial charge in [-0.3, -0.25) is 4.79 Å². The Morgan fingerprint density at radius 2 is 1.81 bits per heavy atom. The number of halogens is 1. The van der Waals surface area contributed by atoms with E-state index in [4.69, 9.17) is 14.2 Å². The molecule has 0 bridgehead atoms. The second kappa shape index (κ2) is 11.0. The van der Waals surface area contributed by atoms with Crippen molar-refractivity contribution in [1.82, 2.24) is 5.43 Å². The molecule has 3 rings (SSSR count). The summed E-state index contributed by atoms with van der Waals surface area (Å²) in [4.78, 5) is 12.4. The Balaban J connectivity index is 1.63. The molecule has 0 spiro atoms. The minimum Gasteiger partial charge on any atom is -0.497 e. The highest BCUT2D eigenvalue weighted by Crippen LogP contribution is 2.27. The van der Waals surface area contributed by atoms with Crippen LogP contribution in [-0.2, 0) is 6.61 Å². The number of hydrogen-bond donors (Lipinski definition) is 1. The number of rotatable bonds is 8. The van der Waals surface area contributed by atoms with Gasteiger partial charge in [0.1, 0.15) is 23.9 Å². The molecular formula is C24H20BrN3O4. The van der Waals surface area contributed by atoms with Crippen LogP contribution in [0.5, 0.6) is 17.2 Å². The maximum Gasteiger partial charge on any atom is 0.271 e. The first kappa shape index (κ1) is 22.8. The molecule has 0 saturated carbocycles. The van der Waals surface area contributed by atoms with Crippen molar-refractivity contribution in [3.63, 3.8) is 0 Å². The van der Waals surface area contributed by atoms with Gasteiger partial charge in [-0.25, -0.2) is 5.43 Å². The molecule has 32 heavy (non-hydrogen) atoms. The molecule has 0 unspecified atom stereocenters. The summed E-state index contributed by atoms with van der Waals surface area (Å²) >= 11 is 3.48. The van der Waals surface area contributed by atoms with E-state index in [1.165, 1.54) is 20.4 Å². The quantitative estimate of drug-likeness (QED) is 0.363. The van der Waals surface area contributed by atoms with Crippen LogP contribution in [0.4, 0.5) is 0 Å². The van der Waals surface area contributed by atoms with Gasteiger partial charge in [-0.1, -0.05) is 18.2 Å². The number of nitrogens with one attached hydrogen (secondary N) is 1. The van der Waals surface area contributed by atoms with E-state index in [1.807, 2.05) is 24.3 Å². The first-order valence-corrected chi connectivity index (χ1v) is 10.3. The highest BCUT2D eigenvalue weighted by molar-refractivity contribution is 9.10. The monoisotopic (exact) mass is 493 g/mol. The summed E-state index contributed by atoms with van der Waals surface area (Å²) in [7, 11) is 3.03. The highest BCUT2D eigenvalue weighted by Gasteiger charge is 2.09. The Labute approximate surface area is 194 Å². The van der Waals surface area contributed by atoms with Gasteiger partial charge < -0.3 is 14.2 Å². The molecule has 1 N–H and O–H groups in total. The number of benzene rings is 3. The number of hydrazone groups is 1. The number of carbonyl (C=O) groups excluding carboxylic acids is 1. The van der Waals surface area contributed by atoms with E-state index in [-0.39, 0.29) is 6.61 Å². The minimum absolute atomic E-state index is 0.274. The Hall–Kier alpha value is -3.83. The Morgan fingerprint density at radius 3 is 2.47 bits per heavy atom. The third kappa shape index (κ3) is 5.86. The Bertz CT molecular complexity index is 1170. The van der Waals surface area contributed by atoms with Gasteiger partial charge in [0, 0.05) is 17.2 Å². The zero-order valence-corrected chi connectivity index (χ0v) is 19.0. The fourth-order valence-corrected chi connectivity index (χ4v) is 3.30. The van der Waals surface area contributed by atoms with Crippen LogP contribution in [0, 0.1) is 11.3 Å². The van der Waals surface area contributed by atoms with Crippen molar-refractivity contribution in [2.24, 2.45) is 5.10 Å². The Morgan fingerprint density at radius 1 is 1.09 bits per heavy atom. The molecule has 0 saturated heterocycles. The summed E-state index contributed by atoms with van der Waals surface area (Å²) in [6.07, 6.45) is 1.52. The predicted molar refractivity (Wildman–Crippen MR) is 124 cm³/mol. The smallest absolute Gasteiger partial charge is 0.271 e. The predicted octanol–water partition coefficient (Wildman–Crippen LogP) is 4.68. The molecule has 3 aromatic rings. The SMILES string of the molecule is COc1cc(OC)cc(C(=O)NN=Cc2ccc(OCc3ccccc3C#N)c(Br)c2)c1.